The van der Waals surface area contributed by atoms with Gasteiger partial charge in [-0.25, -0.2) is 0 Å². The van der Waals surface area contributed by atoms with Gasteiger partial charge in [0.2, 0.25) is 5.91 Å². The zero-order valence-electron chi connectivity index (χ0n) is 10.4. The number of halogens is 1. The van der Waals surface area contributed by atoms with E-state index >= 15 is 0 Å². The summed E-state index contributed by atoms with van der Waals surface area (Å²) in [7, 11) is 0. The van der Waals surface area contributed by atoms with Gasteiger partial charge in [-0.2, -0.15) is 0 Å². The van der Waals surface area contributed by atoms with Crippen LogP contribution in [0.25, 0.3) is 0 Å². The van der Waals surface area contributed by atoms with Crippen molar-refractivity contribution in [2.24, 2.45) is 5.92 Å². The number of carbonyl (C=O) groups is 1. The molecule has 0 aliphatic carbocycles. The number of piperidine rings is 1. The van der Waals surface area contributed by atoms with Gasteiger partial charge in [0, 0.05) is 17.1 Å². The zero-order valence-corrected chi connectivity index (χ0v) is 11.2. The van der Waals surface area contributed by atoms with Gasteiger partial charge in [-0.05, 0) is 56.5 Å². The fourth-order valence-corrected chi connectivity index (χ4v) is 2.49. The van der Waals surface area contributed by atoms with Crippen LogP contribution in [-0.4, -0.2) is 19.0 Å². The summed E-state index contributed by atoms with van der Waals surface area (Å²) in [5.74, 6) is 0.771. The Morgan fingerprint density at radius 2 is 2.17 bits per heavy atom. The predicted octanol–water partition coefficient (Wildman–Crippen LogP) is 3.06. The van der Waals surface area contributed by atoms with Crippen molar-refractivity contribution in [3.63, 3.8) is 0 Å². The van der Waals surface area contributed by atoms with Crippen LogP contribution in [0, 0.1) is 5.92 Å². The van der Waals surface area contributed by atoms with Gasteiger partial charge in [-0.15, -0.1) is 0 Å². The molecular formula is C14H19ClN2O. The molecule has 1 aromatic carbocycles. The van der Waals surface area contributed by atoms with Crippen LogP contribution in [0.3, 0.4) is 0 Å². The van der Waals surface area contributed by atoms with Crippen LogP contribution >= 0.6 is 11.6 Å². The van der Waals surface area contributed by atoms with Crippen LogP contribution in [0.15, 0.2) is 24.3 Å². The molecule has 2 N–H and O–H groups in total. The monoisotopic (exact) mass is 266 g/mol. The van der Waals surface area contributed by atoms with Crippen molar-refractivity contribution in [1.29, 1.82) is 0 Å². The predicted molar refractivity (Wildman–Crippen MR) is 74.9 cm³/mol. The Labute approximate surface area is 113 Å². The third-order valence-electron chi connectivity index (χ3n) is 3.35. The third kappa shape index (κ3) is 4.31. The summed E-state index contributed by atoms with van der Waals surface area (Å²) >= 11 is 5.87. The molecule has 1 aliphatic rings. The van der Waals surface area contributed by atoms with Crippen LogP contribution in [-0.2, 0) is 4.79 Å². The first-order chi connectivity index (χ1) is 8.74. The van der Waals surface area contributed by atoms with Crippen molar-refractivity contribution in [3.8, 4) is 0 Å². The summed E-state index contributed by atoms with van der Waals surface area (Å²) in [5.41, 5.74) is 0.776. The molecule has 0 spiro atoms. The Kier molecular flexibility index (Phi) is 5.02. The Hall–Kier alpha value is -1.06. The maximum absolute atomic E-state index is 11.8. The molecule has 1 aliphatic heterocycles. The van der Waals surface area contributed by atoms with E-state index in [1.54, 1.807) is 12.1 Å². The van der Waals surface area contributed by atoms with Gasteiger partial charge < -0.3 is 10.6 Å². The second-order valence-electron chi connectivity index (χ2n) is 4.79. The van der Waals surface area contributed by atoms with Gasteiger partial charge in [0.05, 0.1) is 0 Å². The number of anilines is 1. The van der Waals surface area contributed by atoms with E-state index in [2.05, 4.69) is 10.6 Å². The summed E-state index contributed by atoms with van der Waals surface area (Å²) in [4.78, 5) is 11.8. The number of benzene rings is 1. The minimum atomic E-state index is 0.0794. The summed E-state index contributed by atoms with van der Waals surface area (Å²) in [6.45, 7) is 2.17. The summed E-state index contributed by atoms with van der Waals surface area (Å²) < 4.78 is 0. The molecule has 1 aromatic rings. The SMILES string of the molecule is O=C(CCC1CCNCC1)Nc1cccc(Cl)c1. The molecule has 98 valence electrons. The smallest absolute Gasteiger partial charge is 0.224 e. The van der Waals surface area contributed by atoms with E-state index in [-0.39, 0.29) is 5.91 Å². The largest absolute Gasteiger partial charge is 0.326 e. The van der Waals surface area contributed by atoms with Crippen LogP contribution < -0.4 is 10.6 Å². The lowest BCUT2D eigenvalue weighted by Crippen LogP contribution is -2.28. The standard InChI is InChI=1S/C14H19ClN2O/c15-12-2-1-3-13(10-12)17-14(18)5-4-11-6-8-16-9-7-11/h1-3,10-11,16H,4-9H2,(H,17,18). The van der Waals surface area contributed by atoms with Crippen molar-refractivity contribution in [2.75, 3.05) is 18.4 Å². The first-order valence-electron chi connectivity index (χ1n) is 6.50. The van der Waals surface area contributed by atoms with E-state index < -0.39 is 0 Å². The van der Waals surface area contributed by atoms with Gasteiger partial charge in [0.15, 0.2) is 0 Å². The highest BCUT2D eigenvalue weighted by Gasteiger charge is 2.14. The first kappa shape index (κ1) is 13.4. The molecule has 0 aromatic heterocycles. The number of amides is 1. The Morgan fingerprint density at radius 1 is 1.39 bits per heavy atom. The van der Waals surface area contributed by atoms with Gasteiger partial charge >= 0.3 is 0 Å². The fourth-order valence-electron chi connectivity index (χ4n) is 2.30. The Balaban J connectivity index is 1.74. The number of carbonyl (C=O) groups excluding carboxylic acids is 1. The van der Waals surface area contributed by atoms with Crippen molar-refractivity contribution < 1.29 is 4.79 Å². The molecule has 18 heavy (non-hydrogen) atoms. The molecule has 0 bridgehead atoms. The van der Waals surface area contributed by atoms with Crippen molar-refractivity contribution >= 4 is 23.2 Å². The van der Waals surface area contributed by atoms with E-state index in [0.717, 1.165) is 25.2 Å². The molecule has 2 rings (SSSR count). The van der Waals surface area contributed by atoms with E-state index in [0.29, 0.717) is 17.4 Å². The zero-order chi connectivity index (χ0) is 12.8. The molecule has 1 saturated heterocycles. The molecule has 0 saturated carbocycles. The Morgan fingerprint density at radius 3 is 2.89 bits per heavy atom. The molecule has 0 radical (unpaired) electrons. The molecule has 1 amide bonds. The van der Waals surface area contributed by atoms with Gasteiger partial charge in [0.25, 0.3) is 0 Å². The maximum Gasteiger partial charge on any atom is 0.224 e. The summed E-state index contributed by atoms with van der Waals surface area (Å²) in [6.07, 6.45) is 3.94. The van der Waals surface area contributed by atoms with Crippen molar-refractivity contribution in [1.82, 2.24) is 5.32 Å². The molecular weight excluding hydrogens is 248 g/mol. The first-order valence-corrected chi connectivity index (χ1v) is 6.88. The molecule has 0 atom stereocenters. The van der Waals surface area contributed by atoms with Crippen LogP contribution in [0.5, 0.6) is 0 Å². The van der Waals surface area contributed by atoms with E-state index in [1.165, 1.54) is 12.8 Å². The van der Waals surface area contributed by atoms with Crippen molar-refractivity contribution in [3.05, 3.63) is 29.3 Å². The highest BCUT2D eigenvalue weighted by molar-refractivity contribution is 6.30. The highest BCUT2D eigenvalue weighted by atomic mass is 35.5. The van der Waals surface area contributed by atoms with Crippen LogP contribution in [0.2, 0.25) is 5.02 Å². The minimum Gasteiger partial charge on any atom is -0.326 e. The van der Waals surface area contributed by atoms with E-state index in [1.807, 2.05) is 12.1 Å². The molecule has 3 nitrogen and oxygen atoms in total. The van der Waals surface area contributed by atoms with E-state index in [9.17, 15) is 4.79 Å². The molecule has 1 heterocycles. The number of nitrogens with one attached hydrogen (secondary N) is 2. The summed E-state index contributed by atoms with van der Waals surface area (Å²) in [5, 5.41) is 6.86. The van der Waals surface area contributed by atoms with Gasteiger partial charge in [-0.1, -0.05) is 17.7 Å². The lowest BCUT2D eigenvalue weighted by molar-refractivity contribution is -0.116. The molecule has 1 fully saturated rings. The minimum absolute atomic E-state index is 0.0794. The number of rotatable bonds is 4. The highest BCUT2D eigenvalue weighted by Crippen LogP contribution is 2.19. The average Bonchev–Trinajstić information content (AvgIpc) is 2.38. The number of hydrogen-bond donors (Lipinski definition) is 2. The van der Waals surface area contributed by atoms with Crippen LogP contribution in [0.4, 0.5) is 5.69 Å². The molecule has 4 heteroatoms. The average molecular weight is 267 g/mol. The fraction of sp³-hybridized carbons (Fsp3) is 0.500. The summed E-state index contributed by atoms with van der Waals surface area (Å²) in [6, 6.07) is 7.26. The van der Waals surface area contributed by atoms with Crippen molar-refractivity contribution in [2.45, 2.75) is 25.7 Å². The second-order valence-corrected chi connectivity index (χ2v) is 5.23. The topological polar surface area (TPSA) is 41.1 Å². The quantitative estimate of drug-likeness (QED) is 0.879. The Bertz CT molecular complexity index is 403. The van der Waals surface area contributed by atoms with E-state index in [4.69, 9.17) is 11.6 Å². The third-order valence-corrected chi connectivity index (χ3v) is 3.58. The lowest BCUT2D eigenvalue weighted by atomic mass is 9.93. The maximum atomic E-state index is 11.8. The molecule has 0 unspecified atom stereocenters. The van der Waals surface area contributed by atoms with Crippen LogP contribution in [0.1, 0.15) is 25.7 Å². The van der Waals surface area contributed by atoms with Gasteiger partial charge in [-0.3, -0.25) is 4.79 Å². The number of hydrogen-bond acceptors (Lipinski definition) is 2. The second kappa shape index (κ2) is 6.76. The normalized spacial score (nSPS) is 16.5. The van der Waals surface area contributed by atoms with Gasteiger partial charge in [0.1, 0.15) is 0 Å². The lowest BCUT2D eigenvalue weighted by Gasteiger charge is -2.22.